The molecule has 0 aliphatic heterocycles. The summed E-state index contributed by atoms with van der Waals surface area (Å²) in [6, 6.07) is 16.9. The van der Waals surface area contributed by atoms with Crippen molar-refractivity contribution in [2.24, 2.45) is 0 Å². The van der Waals surface area contributed by atoms with Crippen LogP contribution >= 0.6 is 0 Å². The third kappa shape index (κ3) is 6.95. The zero-order chi connectivity index (χ0) is 24.8. The maximum absolute atomic E-state index is 13.1. The average Bonchev–Trinajstić information content (AvgIpc) is 3.33. The number of H-pyrrole nitrogens is 1. The fourth-order valence-electron chi connectivity index (χ4n) is 3.27. The van der Waals surface area contributed by atoms with E-state index in [0.717, 1.165) is 11.8 Å². The van der Waals surface area contributed by atoms with Gasteiger partial charge in [0, 0.05) is 23.9 Å². The zero-order valence-electron chi connectivity index (χ0n) is 18.6. The van der Waals surface area contributed by atoms with Crippen molar-refractivity contribution in [1.82, 2.24) is 19.7 Å². The van der Waals surface area contributed by atoms with E-state index in [1.807, 2.05) is 0 Å². The first-order valence-corrected chi connectivity index (χ1v) is 12.4. The minimum absolute atomic E-state index is 0.0914. The Hall–Kier alpha value is -4.09. The predicted molar refractivity (Wildman–Crippen MR) is 129 cm³/mol. The van der Waals surface area contributed by atoms with Crippen LogP contribution in [0.5, 0.6) is 11.5 Å². The maximum Gasteiger partial charge on any atom is 0.244 e. The van der Waals surface area contributed by atoms with Gasteiger partial charge in [0.25, 0.3) is 0 Å². The van der Waals surface area contributed by atoms with Crippen LogP contribution in [0.1, 0.15) is 5.69 Å². The first-order valence-electron chi connectivity index (χ1n) is 10.5. The predicted octanol–water partition coefficient (Wildman–Crippen LogP) is 3.50. The molecule has 0 radical (unpaired) electrons. The van der Waals surface area contributed by atoms with Crippen molar-refractivity contribution in [3.05, 3.63) is 90.8 Å². The fraction of sp³-hybridized carbons (Fsp3) is 0.125. The maximum atomic E-state index is 13.1. The van der Waals surface area contributed by atoms with Crippen molar-refractivity contribution in [3.63, 3.8) is 0 Å². The highest BCUT2D eigenvalue weighted by Gasteiger charge is 2.23. The van der Waals surface area contributed by atoms with Crippen LogP contribution in [0.4, 0.5) is 10.2 Å². The number of carbonyl (C=O) groups excluding carboxylic acids is 1. The molecule has 0 saturated heterocycles. The number of nitrogens with zero attached hydrogens (tertiary/aromatic N) is 2. The van der Waals surface area contributed by atoms with Crippen molar-refractivity contribution in [2.75, 3.05) is 11.6 Å². The summed E-state index contributed by atoms with van der Waals surface area (Å²) in [4.78, 5) is 24.1. The SMILES string of the molecule is CS(=O)(=O)NC(Cc1cnc[nH]1)C(=O)Nc1cccc(-c2ccc(Oc3ccc(F)cc3)cc2)n1. The molecule has 1 amide bonds. The van der Waals surface area contributed by atoms with Gasteiger partial charge < -0.3 is 15.0 Å². The molecule has 9 nitrogen and oxygen atoms in total. The molecule has 11 heteroatoms. The van der Waals surface area contributed by atoms with Crippen LogP contribution in [0, 0.1) is 5.82 Å². The molecule has 4 aromatic rings. The number of imidazole rings is 1. The second-order valence-corrected chi connectivity index (χ2v) is 9.48. The quantitative estimate of drug-likeness (QED) is 0.326. The zero-order valence-corrected chi connectivity index (χ0v) is 19.4. The Morgan fingerprint density at radius 3 is 2.37 bits per heavy atom. The summed E-state index contributed by atoms with van der Waals surface area (Å²) in [5, 5.41) is 2.67. The summed E-state index contributed by atoms with van der Waals surface area (Å²) in [7, 11) is -3.64. The number of halogens is 1. The number of benzene rings is 2. The molecule has 2 heterocycles. The van der Waals surface area contributed by atoms with Gasteiger partial charge in [-0.1, -0.05) is 6.07 Å². The van der Waals surface area contributed by atoms with Crippen LogP contribution in [-0.2, 0) is 21.2 Å². The number of carbonyl (C=O) groups is 1. The topological polar surface area (TPSA) is 126 Å². The molecule has 2 aromatic carbocycles. The molecular weight excluding hydrogens is 473 g/mol. The van der Waals surface area contributed by atoms with E-state index >= 15 is 0 Å². The van der Waals surface area contributed by atoms with Gasteiger partial charge in [-0.25, -0.2) is 27.5 Å². The number of ether oxygens (including phenoxy) is 1. The second kappa shape index (κ2) is 10.5. The summed E-state index contributed by atoms with van der Waals surface area (Å²) in [5.41, 5.74) is 1.97. The summed E-state index contributed by atoms with van der Waals surface area (Å²) in [6.07, 6.45) is 4.05. The average molecular weight is 496 g/mol. The number of aromatic amines is 1. The number of anilines is 1. The number of hydrogen-bond donors (Lipinski definition) is 3. The second-order valence-electron chi connectivity index (χ2n) is 7.70. The van der Waals surface area contributed by atoms with Crippen LogP contribution in [0.15, 0.2) is 79.3 Å². The number of pyridine rings is 1. The van der Waals surface area contributed by atoms with Crippen molar-refractivity contribution in [1.29, 1.82) is 0 Å². The number of rotatable bonds is 9. The van der Waals surface area contributed by atoms with E-state index in [1.165, 1.54) is 36.8 Å². The van der Waals surface area contributed by atoms with E-state index in [0.29, 0.717) is 22.9 Å². The van der Waals surface area contributed by atoms with Gasteiger partial charge in [0.05, 0.1) is 18.3 Å². The Labute approximate surface area is 201 Å². The van der Waals surface area contributed by atoms with Crippen LogP contribution in [0.2, 0.25) is 0 Å². The Bertz CT molecular complexity index is 1390. The molecule has 2 aromatic heterocycles. The lowest BCUT2D eigenvalue weighted by molar-refractivity contribution is -0.117. The molecular formula is C24H22FN5O4S. The Kier molecular flexibility index (Phi) is 7.18. The molecule has 0 saturated carbocycles. The third-order valence-corrected chi connectivity index (χ3v) is 5.56. The minimum Gasteiger partial charge on any atom is -0.457 e. The summed E-state index contributed by atoms with van der Waals surface area (Å²) in [5.74, 6) is 0.444. The first-order chi connectivity index (χ1) is 16.7. The van der Waals surface area contributed by atoms with Gasteiger partial charge in [-0.3, -0.25) is 4.79 Å². The van der Waals surface area contributed by atoms with Crippen molar-refractivity contribution in [2.45, 2.75) is 12.5 Å². The number of hydrogen-bond acceptors (Lipinski definition) is 6. The molecule has 3 N–H and O–H groups in total. The summed E-state index contributed by atoms with van der Waals surface area (Å²) in [6.45, 7) is 0. The molecule has 0 aliphatic carbocycles. The van der Waals surface area contributed by atoms with Gasteiger partial charge in [-0.15, -0.1) is 0 Å². The van der Waals surface area contributed by atoms with E-state index in [1.54, 1.807) is 42.5 Å². The molecule has 1 unspecified atom stereocenters. The molecule has 4 rings (SSSR count). The minimum atomic E-state index is -3.64. The van der Waals surface area contributed by atoms with Gasteiger partial charge in [0.15, 0.2) is 0 Å². The molecule has 0 spiro atoms. The molecule has 0 fully saturated rings. The molecule has 0 bridgehead atoms. The Morgan fingerprint density at radius 1 is 1.06 bits per heavy atom. The van der Waals surface area contributed by atoms with E-state index in [9.17, 15) is 17.6 Å². The standard InChI is InChI=1S/C24H22FN5O4S/c1-35(32,33)30-22(13-18-14-26-15-27-18)24(31)29-23-4-2-3-21(28-23)16-5-9-19(10-6-16)34-20-11-7-17(25)8-12-20/h2-12,14-15,22,30H,13H2,1H3,(H,26,27)(H,28,29,31). The first kappa shape index (κ1) is 24.0. The Morgan fingerprint density at radius 2 is 1.74 bits per heavy atom. The highest BCUT2D eigenvalue weighted by molar-refractivity contribution is 7.88. The number of nitrogens with one attached hydrogen (secondary N) is 3. The highest BCUT2D eigenvalue weighted by atomic mass is 32.2. The summed E-state index contributed by atoms with van der Waals surface area (Å²) >= 11 is 0. The third-order valence-electron chi connectivity index (χ3n) is 4.85. The van der Waals surface area contributed by atoms with E-state index in [2.05, 4.69) is 25.0 Å². The van der Waals surface area contributed by atoms with Crippen LogP contribution in [0.25, 0.3) is 11.3 Å². The number of aromatic nitrogens is 3. The largest absolute Gasteiger partial charge is 0.457 e. The Balaban J connectivity index is 1.46. The van der Waals surface area contributed by atoms with E-state index in [4.69, 9.17) is 4.74 Å². The van der Waals surface area contributed by atoms with Crippen LogP contribution < -0.4 is 14.8 Å². The van der Waals surface area contributed by atoms with E-state index in [-0.39, 0.29) is 18.1 Å². The lowest BCUT2D eigenvalue weighted by atomic mass is 10.1. The molecule has 0 aliphatic rings. The normalized spacial score (nSPS) is 12.2. The highest BCUT2D eigenvalue weighted by Crippen LogP contribution is 2.26. The smallest absolute Gasteiger partial charge is 0.244 e. The van der Waals surface area contributed by atoms with Gasteiger partial charge in [-0.2, -0.15) is 0 Å². The fourth-order valence-corrected chi connectivity index (χ4v) is 3.98. The van der Waals surface area contributed by atoms with Crippen molar-refractivity contribution >= 4 is 21.7 Å². The van der Waals surface area contributed by atoms with Gasteiger partial charge in [-0.05, 0) is 60.7 Å². The van der Waals surface area contributed by atoms with E-state index < -0.39 is 22.0 Å². The van der Waals surface area contributed by atoms with Crippen LogP contribution in [0.3, 0.4) is 0 Å². The van der Waals surface area contributed by atoms with Gasteiger partial charge in [0.1, 0.15) is 29.2 Å². The van der Waals surface area contributed by atoms with Crippen molar-refractivity contribution in [3.8, 4) is 22.8 Å². The molecule has 35 heavy (non-hydrogen) atoms. The number of amides is 1. The van der Waals surface area contributed by atoms with Gasteiger partial charge >= 0.3 is 0 Å². The van der Waals surface area contributed by atoms with Crippen molar-refractivity contribution < 1.29 is 22.3 Å². The van der Waals surface area contributed by atoms with Crippen LogP contribution in [-0.4, -0.2) is 41.6 Å². The monoisotopic (exact) mass is 495 g/mol. The van der Waals surface area contributed by atoms with Gasteiger partial charge in [0.2, 0.25) is 15.9 Å². The lowest BCUT2D eigenvalue weighted by Crippen LogP contribution is -2.44. The lowest BCUT2D eigenvalue weighted by Gasteiger charge is -2.16. The molecule has 1 atom stereocenters. The summed E-state index contributed by atoms with van der Waals surface area (Å²) < 4.78 is 44.6. The number of sulfonamides is 1. The molecule has 180 valence electrons.